The summed E-state index contributed by atoms with van der Waals surface area (Å²) < 4.78 is 5.50. The highest BCUT2D eigenvalue weighted by atomic mass is 16.5. The van der Waals surface area contributed by atoms with Crippen molar-refractivity contribution in [2.75, 3.05) is 37.0 Å². The van der Waals surface area contributed by atoms with Crippen LogP contribution in [0.15, 0.2) is 0 Å². The van der Waals surface area contributed by atoms with Gasteiger partial charge in [-0.05, 0) is 18.8 Å². The second-order valence-corrected chi connectivity index (χ2v) is 4.68. The van der Waals surface area contributed by atoms with E-state index in [2.05, 4.69) is 39.0 Å². The lowest BCUT2D eigenvalue weighted by Crippen LogP contribution is -2.22. The van der Waals surface area contributed by atoms with Gasteiger partial charge >= 0.3 is 6.01 Å². The van der Waals surface area contributed by atoms with Crippen LogP contribution >= 0.6 is 0 Å². The number of nitrogens with zero attached hydrogens (tertiary/aromatic N) is 4. The zero-order valence-corrected chi connectivity index (χ0v) is 11.3. The van der Waals surface area contributed by atoms with E-state index in [4.69, 9.17) is 4.74 Å². The van der Waals surface area contributed by atoms with Crippen molar-refractivity contribution in [2.24, 2.45) is 5.92 Å². The smallest absolute Gasteiger partial charge is 0.323 e. The maximum Gasteiger partial charge on any atom is 0.323 e. The monoisotopic (exact) mass is 251 g/mol. The maximum atomic E-state index is 5.50. The van der Waals surface area contributed by atoms with E-state index >= 15 is 0 Å². The minimum absolute atomic E-state index is 0.408. The summed E-state index contributed by atoms with van der Waals surface area (Å²) in [5.74, 6) is 1.97. The molecule has 0 aliphatic carbocycles. The zero-order chi connectivity index (χ0) is 13.0. The maximum absolute atomic E-state index is 5.50. The molecule has 1 aliphatic rings. The molecule has 1 aromatic rings. The molecule has 6 nitrogen and oxygen atoms in total. The first kappa shape index (κ1) is 12.9. The largest absolute Gasteiger partial charge is 0.463 e. The van der Waals surface area contributed by atoms with Gasteiger partial charge < -0.3 is 15.0 Å². The molecule has 1 aliphatic heterocycles. The predicted molar refractivity (Wildman–Crippen MR) is 71.2 cm³/mol. The lowest BCUT2D eigenvalue weighted by atomic mass is 10.2. The van der Waals surface area contributed by atoms with Gasteiger partial charge in [-0.3, -0.25) is 0 Å². The Kier molecular flexibility index (Phi) is 4.17. The Bertz CT molecular complexity index is 398. The highest BCUT2D eigenvalue weighted by Gasteiger charge is 2.22. The Morgan fingerprint density at radius 1 is 1.39 bits per heavy atom. The Balaban J connectivity index is 2.17. The van der Waals surface area contributed by atoms with Gasteiger partial charge in [-0.1, -0.05) is 13.8 Å². The SMILES string of the molecule is CCCOc1nc(NC)nc(N2CCC(C)C2)n1. The first-order valence-electron chi connectivity index (χ1n) is 6.54. The lowest BCUT2D eigenvalue weighted by molar-refractivity contribution is 0.292. The van der Waals surface area contributed by atoms with Gasteiger partial charge in [0.2, 0.25) is 11.9 Å². The van der Waals surface area contributed by atoms with Gasteiger partial charge in [0.25, 0.3) is 0 Å². The fraction of sp³-hybridized carbons (Fsp3) is 0.750. The van der Waals surface area contributed by atoms with Crippen molar-refractivity contribution >= 4 is 11.9 Å². The standard InChI is InChI=1S/C12H21N5O/c1-4-7-18-12-15-10(13-3)14-11(16-12)17-6-5-9(2)8-17/h9H,4-8H2,1-3H3,(H,13,14,15,16). The van der Waals surface area contributed by atoms with Crippen molar-refractivity contribution in [3.8, 4) is 6.01 Å². The minimum Gasteiger partial charge on any atom is -0.463 e. The quantitative estimate of drug-likeness (QED) is 0.856. The van der Waals surface area contributed by atoms with Crippen LogP contribution in [0.3, 0.4) is 0 Å². The van der Waals surface area contributed by atoms with Crippen LogP contribution in [0, 0.1) is 5.92 Å². The van der Waals surface area contributed by atoms with E-state index < -0.39 is 0 Å². The van der Waals surface area contributed by atoms with Gasteiger partial charge in [0.1, 0.15) is 0 Å². The van der Waals surface area contributed by atoms with Gasteiger partial charge in [-0.25, -0.2) is 0 Å². The van der Waals surface area contributed by atoms with Crippen molar-refractivity contribution in [1.82, 2.24) is 15.0 Å². The summed E-state index contributed by atoms with van der Waals surface area (Å²) in [6, 6.07) is 0.408. The molecule has 0 aromatic carbocycles. The third kappa shape index (κ3) is 3.00. The first-order chi connectivity index (χ1) is 8.72. The van der Waals surface area contributed by atoms with Crippen LogP contribution < -0.4 is 15.0 Å². The molecule has 1 aromatic heterocycles. The predicted octanol–water partition coefficient (Wildman–Crippen LogP) is 1.55. The lowest BCUT2D eigenvalue weighted by Gasteiger charge is -2.16. The molecule has 1 saturated heterocycles. The zero-order valence-electron chi connectivity index (χ0n) is 11.3. The fourth-order valence-corrected chi connectivity index (χ4v) is 1.97. The normalized spacial score (nSPS) is 19.1. The number of aromatic nitrogens is 3. The highest BCUT2D eigenvalue weighted by molar-refractivity contribution is 5.38. The molecule has 1 atom stereocenters. The summed E-state index contributed by atoms with van der Waals surface area (Å²) in [5.41, 5.74) is 0. The molecule has 6 heteroatoms. The summed E-state index contributed by atoms with van der Waals surface area (Å²) in [6.07, 6.45) is 2.13. The molecule has 0 saturated carbocycles. The molecule has 2 heterocycles. The van der Waals surface area contributed by atoms with Gasteiger partial charge in [0.05, 0.1) is 6.61 Å². The summed E-state index contributed by atoms with van der Waals surface area (Å²) in [6.45, 7) is 6.93. The Morgan fingerprint density at radius 3 is 2.83 bits per heavy atom. The van der Waals surface area contributed by atoms with E-state index in [0.29, 0.717) is 30.4 Å². The fourth-order valence-electron chi connectivity index (χ4n) is 1.97. The van der Waals surface area contributed by atoms with Crippen LogP contribution in [0.25, 0.3) is 0 Å². The van der Waals surface area contributed by atoms with Crippen LogP contribution in [0.2, 0.25) is 0 Å². The molecule has 18 heavy (non-hydrogen) atoms. The third-order valence-electron chi connectivity index (χ3n) is 2.97. The van der Waals surface area contributed by atoms with Crippen molar-refractivity contribution in [1.29, 1.82) is 0 Å². The average Bonchev–Trinajstić information content (AvgIpc) is 2.82. The molecule has 0 bridgehead atoms. The van der Waals surface area contributed by atoms with Crippen LogP contribution in [0.4, 0.5) is 11.9 Å². The van der Waals surface area contributed by atoms with Gasteiger partial charge in [0.15, 0.2) is 0 Å². The van der Waals surface area contributed by atoms with E-state index in [0.717, 1.165) is 19.5 Å². The van der Waals surface area contributed by atoms with Crippen molar-refractivity contribution < 1.29 is 4.74 Å². The molecule has 1 unspecified atom stereocenters. The summed E-state index contributed by atoms with van der Waals surface area (Å²) in [7, 11) is 1.80. The Hall–Kier alpha value is -1.59. The van der Waals surface area contributed by atoms with E-state index in [1.165, 1.54) is 6.42 Å². The number of hydrogen-bond acceptors (Lipinski definition) is 6. The molecule has 0 amide bonds. The van der Waals surface area contributed by atoms with Crippen molar-refractivity contribution in [3.63, 3.8) is 0 Å². The van der Waals surface area contributed by atoms with Gasteiger partial charge in [-0.2, -0.15) is 15.0 Å². The Labute approximate surface area is 108 Å². The number of nitrogens with one attached hydrogen (secondary N) is 1. The van der Waals surface area contributed by atoms with E-state index in [1.807, 2.05) is 0 Å². The van der Waals surface area contributed by atoms with Gasteiger partial charge in [-0.15, -0.1) is 0 Å². The number of anilines is 2. The summed E-state index contributed by atoms with van der Waals surface area (Å²) >= 11 is 0. The number of hydrogen-bond donors (Lipinski definition) is 1. The summed E-state index contributed by atoms with van der Waals surface area (Å²) in [4.78, 5) is 15.1. The number of rotatable bonds is 5. The molecule has 2 rings (SSSR count). The topological polar surface area (TPSA) is 63.2 Å². The Morgan fingerprint density at radius 2 is 2.22 bits per heavy atom. The second-order valence-electron chi connectivity index (χ2n) is 4.68. The van der Waals surface area contributed by atoms with Crippen LogP contribution in [0.1, 0.15) is 26.7 Å². The van der Waals surface area contributed by atoms with Crippen molar-refractivity contribution in [3.05, 3.63) is 0 Å². The third-order valence-corrected chi connectivity index (χ3v) is 2.97. The highest BCUT2D eigenvalue weighted by Crippen LogP contribution is 2.22. The summed E-state index contributed by atoms with van der Waals surface area (Å²) in [5, 5.41) is 2.95. The van der Waals surface area contributed by atoms with E-state index in [9.17, 15) is 0 Å². The van der Waals surface area contributed by atoms with Crippen LogP contribution in [0.5, 0.6) is 6.01 Å². The first-order valence-corrected chi connectivity index (χ1v) is 6.54. The van der Waals surface area contributed by atoms with Crippen molar-refractivity contribution in [2.45, 2.75) is 26.7 Å². The molecule has 0 spiro atoms. The molecule has 0 radical (unpaired) electrons. The molecule has 1 fully saturated rings. The van der Waals surface area contributed by atoms with E-state index in [-0.39, 0.29) is 0 Å². The molecule has 1 N–H and O–H groups in total. The van der Waals surface area contributed by atoms with Crippen LogP contribution in [-0.2, 0) is 0 Å². The second kappa shape index (κ2) is 5.84. The minimum atomic E-state index is 0.408. The molecular formula is C12H21N5O. The van der Waals surface area contributed by atoms with Crippen LogP contribution in [-0.4, -0.2) is 41.7 Å². The number of ether oxygens (including phenoxy) is 1. The average molecular weight is 251 g/mol. The molecule has 100 valence electrons. The molecular weight excluding hydrogens is 230 g/mol. The van der Waals surface area contributed by atoms with E-state index in [1.54, 1.807) is 7.05 Å². The van der Waals surface area contributed by atoms with Gasteiger partial charge in [0, 0.05) is 20.1 Å².